The SMILES string of the molecule is C=C(C)[C@@H]1COc2c(C)cc3oc4ccc(CC=C(C)C)c(O)c4c(=O)c3c2[C@H]1O. The Labute approximate surface area is 174 Å². The normalized spacial score (nSPS) is 18.2. The molecule has 2 atom stereocenters. The number of aryl methyl sites for hydroxylation is 1. The van der Waals surface area contributed by atoms with Gasteiger partial charge in [0.2, 0.25) is 5.43 Å². The fourth-order valence-electron chi connectivity index (χ4n) is 4.10. The average molecular weight is 406 g/mol. The zero-order chi connectivity index (χ0) is 21.7. The molecular formula is C25H26O5. The molecule has 5 nitrogen and oxygen atoms in total. The molecule has 2 aromatic carbocycles. The average Bonchev–Trinajstić information content (AvgIpc) is 2.67. The van der Waals surface area contributed by atoms with Crippen LogP contribution in [-0.4, -0.2) is 16.8 Å². The van der Waals surface area contributed by atoms with Crippen LogP contribution >= 0.6 is 0 Å². The Morgan fingerprint density at radius 2 is 1.97 bits per heavy atom. The van der Waals surface area contributed by atoms with E-state index in [1.165, 1.54) is 0 Å². The summed E-state index contributed by atoms with van der Waals surface area (Å²) in [5.74, 6) is 0.0900. The van der Waals surface area contributed by atoms with Gasteiger partial charge in [0.05, 0.1) is 18.1 Å². The van der Waals surface area contributed by atoms with Gasteiger partial charge in [0.15, 0.2) is 0 Å². The van der Waals surface area contributed by atoms with Crippen LogP contribution in [0.4, 0.5) is 0 Å². The van der Waals surface area contributed by atoms with Gasteiger partial charge in [0.25, 0.3) is 0 Å². The number of allylic oxidation sites excluding steroid dienone is 2. The van der Waals surface area contributed by atoms with Crippen molar-refractivity contribution in [3.8, 4) is 11.5 Å². The summed E-state index contributed by atoms with van der Waals surface area (Å²) >= 11 is 0. The molecule has 4 rings (SSSR count). The van der Waals surface area contributed by atoms with Gasteiger partial charge in [-0.05, 0) is 57.4 Å². The highest BCUT2D eigenvalue weighted by Crippen LogP contribution is 2.44. The molecule has 0 amide bonds. The number of rotatable bonds is 3. The Morgan fingerprint density at radius 3 is 2.63 bits per heavy atom. The Bertz CT molecular complexity index is 1270. The molecule has 3 aromatic rings. The van der Waals surface area contributed by atoms with E-state index in [0.717, 1.165) is 16.7 Å². The fourth-order valence-corrected chi connectivity index (χ4v) is 4.10. The molecular weight excluding hydrogens is 380 g/mol. The summed E-state index contributed by atoms with van der Waals surface area (Å²) in [5, 5.41) is 22.3. The Hall–Kier alpha value is -3.05. The number of benzene rings is 2. The molecule has 156 valence electrons. The van der Waals surface area contributed by atoms with Crippen molar-refractivity contribution in [2.45, 2.75) is 40.2 Å². The molecule has 5 heteroatoms. The highest BCUT2D eigenvalue weighted by atomic mass is 16.5. The van der Waals surface area contributed by atoms with Crippen molar-refractivity contribution < 1.29 is 19.4 Å². The number of hydrogen-bond acceptors (Lipinski definition) is 5. The molecule has 1 aromatic heterocycles. The minimum Gasteiger partial charge on any atom is -0.507 e. The molecule has 30 heavy (non-hydrogen) atoms. The van der Waals surface area contributed by atoms with Gasteiger partial charge in [-0.1, -0.05) is 29.9 Å². The van der Waals surface area contributed by atoms with E-state index in [0.29, 0.717) is 41.1 Å². The van der Waals surface area contributed by atoms with Crippen molar-refractivity contribution in [3.05, 3.63) is 68.9 Å². The molecule has 1 aliphatic rings. The Kier molecular flexibility index (Phi) is 4.94. The quantitative estimate of drug-likeness (QED) is 0.468. The molecule has 0 radical (unpaired) electrons. The molecule has 0 spiro atoms. The van der Waals surface area contributed by atoms with Crippen LogP contribution in [0.25, 0.3) is 21.9 Å². The topological polar surface area (TPSA) is 79.9 Å². The summed E-state index contributed by atoms with van der Waals surface area (Å²) in [6.45, 7) is 11.9. The van der Waals surface area contributed by atoms with Crippen LogP contribution in [0.15, 0.2) is 51.2 Å². The first-order chi connectivity index (χ1) is 14.2. The summed E-state index contributed by atoms with van der Waals surface area (Å²) in [7, 11) is 0. The van der Waals surface area contributed by atoms with E-state index >= 15 is 0 Å². The first kappa shape index (κ1) is 20.2. The monoisotopic (exact) mass is 406 g/mol. The van der Waals surface area contributed by atoms with Gasteiger partial charge in [-0.15, -0.1) is 0 Å². The summed E-state index contributed by atoms with van der Waals surface area (Å²) in [5.41, 5.74) is 4.04. The number of hydrogen-bond donors (Lipinski definition) is 2. The van der Waals surface area contributed by atoms with Crippen LogP contribution in [0, 0.1) is 12.8 Å². The summed E-state index contributed by atoms with van der Waals surface area (Å²) in [6.07, 6.45) is 1.56. The van der Waals surface area contributed by atoms with E-state index in [-0.39, 0.29) is 27.9 Å². The van der Waals surface area contributed by atoms with Crippen LogP contribution in [-0.2, 0) is 6.42 Å². The van der Waals surface area contributed by atoms with E-state index in [1.807, 2.05) is 33.8 Å². The van der Waals surface area contributed by atoms with Crippen molar-refractivity contribution in [2.75, 3.05) is 6.61 Å². The van der Waals surface area contributed by atoms with Gasteiger partial charge >= 0.3 is 0 Å². The zero-order valence-corrected chi connectivity index (χ0v) is 17.7. The Balaban J connectivity index is 2.07. The number of phenolic OH excluding ortho intramolecular Hbond substituents is 1. The number of aliphatic hydroxyl groups is 1. The van der Waals surface area contributed by atoms with Crippen LogP contribution in [0.2, 0.25) is 0 Å². The third-order valence-corrected chi connectivity index (χ3v) is 5.81. The largest absolute Gasteiger partial charge is 0.507 e. The lowest BCUT2D eigenvalue weighted by Gasteiger charge is -2.32. The first-order valence-electron chi connectivity index (χ1n) is 10.0. The Morgan fingerprint density at radius 1 is 1.23 bits per heavy atom. The van der Waals surface area contributed by atoms with E-state index in [1.54, 1.807) is 18.2 Å². The number of ether oxygens (including phenoxy) is 1. The maximum absolute atomic E-state index is 13.6. The first-order valence-corrected chi connectivity index (χ1v) is 10.0. The minimum atomic E-state index is -0.940. The van der Waals surface area contributed by atoms with Gasteiger partial charge in [-0.2, -0.15) is 0 Å². The maximum Gasteiger partial charge on any atom is 0.204 e. The predicted octanol–water partition coefficient (Wildman–Crippen LogP) is 5.09. The lowest BCUT2D eigenvalue weighted by atomic mass is 9.85. The van der Waals surface area contributed by atoms with Crippen molar-refractivity contribution in [2.24, 2.45) is 5.92 Å². The van der Waals surface area contributed by atoms with Gasteiger partial charge in [-0.3, -0.25) is 4.79 Å². The smallest absolute Gasteiger partial charge is 0.204 e. The van der Waals surface area contributed by atoms with Crippen molar-refractivity contribution in [1.29, 1.82) is 0 Å². The van der Waals surface area contributed by atoms with Crippen molar-refractivity contribution >= 4 is 21.9 Å². The molecule has 2 N–H and O–H groups in total. The van der Waals surface area contributed by atoms with Crippen LogP contribution < -0.4 is 10.2 Å². The molecule has 0 saturated carbocycles. The summed E-state index contributed by atoms with van der Waals surface area (Å²) in [4.78, 5) is 13.6. The summed E-state index contributed by atoms with van der Waals surface area (Å²) < 4.78 is 11.9. The third-order valence-electron chi connectivity index (χ3n) is 5.81. The maximum atomic E-state index is 13.6. The lowest BCUT2D eigenvalue weighted by Crippen LogP contribution is -2.28. The second-order valence-corrected chi connectivity index (χ2v) is 8.38. The molecule has 2 heterocycles. The minimum absolute atomic E-state index is 0.0855. The zero-order valence-electron chi connectivity index (χ0n) is 17.7. The molecule has 0 aliphatic carbocycles. The molecule has 0 fully saturated rings. The van der Waals surface area contributed by atoms with Crippen molar-refractivity contribution in [3.63, 3.8) is 0 Å². The van der Waals surface area contributed by atoms with Gasteiger partial charge in [0.1, 0.15) is 28.1 Å². The van der Waals surface area contributed by atoms with Gasteiger partial charge in [0, 0.05) is 11.5 Å². The van der Waals surface area contributed by atoms with E-state index < -0.39 is 6.10 Å². The fraction of sp³-hybridized carbons (Fsp3) is 0.320. The van der Waals surface area contributed by atoms with Gasteiger partial charge in [-0.25, -0.2) is 0 Å². The van der Waals surface area contributed by atoms with Crippen molar-refractivity contribution in [1.82, 2.24) is 0 Å². The second-order valence-electron chi connectivity index (χ2n) is 8.38. The van der Waals surface area contributed by atoms with E-state index in [2.05, 4.69) is 6.58 Å². The highest BCUT2D eigenvalue weighted by Gasteiger charge is 2.34. The highest BCUT2D eigenvalue weighted by molar-refractivity contribution is 5.96. The molecule has 0 saturated heterocycles. The molecule has 1 aliphatic heterocycles. The number of fused-ring (bicyclic) bond motifs is 4. The molecule has 0 bridgehead atoms. The third kappa shape index (κ3) is 3.10. The van der Waals surface area contributed by atoms with E-state index in [9.17, 15) is 15.0 Å². The molecule has 0 unspecified atom stereocenters. The van der Waals surface area contributed by atoms with Crippen LogP contribution in [0.5, 0.6) is 11.5 Å². The number of aliphatic hydroxyl groups excluding tert-OH is 1. The standard InChI is InChI=1S/C25H26O5/c1-12(2)6-7-15-8-9-17-20(22(15)26)24(28)19-18(30-17)10-14(5)25-21(19)23(27)16(11-29-25)13(3)4/h6,8-10,16,23,26-27H,3,7,11H2,1-2,4-5H3/t16-,23-/m0/s1. The van der Waals surface area contributed by atoms with Crippen LogP contribution in [0.3, 0.4) is 0 Å². The summed E-state index contributed by atoms with van der Waals surface area (Å²) in [6, 6.07) is 5.23. The lowest BCUT2D eigenvalue weighted by molar-refractivity contribution is 0.0701. The van der Waals surface area contributed by atoms with Gasteiger partial charge < -0.3 is 19.4 Å². The predicted molar refractivity (Wildman–Crippen MR) is 118 cm³/mol. The number of phenols is 1. The second kappa shape index (κ2) is 7.33. The van der Waals surface area contributed by atoms with Crippen LogP contribution in [0.1, 0.15) is 43.6 Å². The number of aromatic hydroxyl groups is 1. The van der Waals surface area contributed by atoms with E-state index in [4.69, 9.17) is 9.15 Å².